The van der Waals surface area contributed by atoms with E-state index >= 15 is 0 Å². The van der Waals surface area contributed by atoms with E-state index in [0.717, 1.165) is 12.1 Å². The van der Waals surface area contributed by atoms with Gasteiger partial charge < -0.3 is 18.7 Å². The minimum absolute atomic E-state index is 0.215. The summed E-state index contributed by atoms with van der Waals surface area (Å²) in [5.74, 6) is -1.30. The molecule has 0 radical (unpaired) electrons. The molecule has 0 bridgehead atoms. The Labute approximate surface area is 167 Å². The summed E-state index contributed by atoms with van der Waals surface area (Å²) in [6, 6.07) is 3.34. The van der Waals surface area contributed by atoms with Gasteiger partial charge in [0, 0.05) is 29.6 Å². The van der Waals surface area contributed by atoms with Crippen LogP contribution >= 0.6 is 0 Å². The van der Waals surface area contributed by atoms with E-state index in [1.807, 2.05) is 0 Å². The lowest BCUT2D eigenvalue weighted by Gasteiger charge is -2.33. The SMILES string of the molecule is Cc1c([C@@H]2c3nc[nH]c3CCN2C(=O)c2ocnc2C(F)F)oc2ccc(F)cc12. The summed E-state index contributed by atoms with van der Waals surface area (Å²) in [6.45, 7) is 1.97. The number of hydrogen-bond acceptors (Lipinski definition) is 5. The van der Waals surface area contributed by atoms with Crippen molar-refractivity contribution in [3.05, 3.63) is 70.9 Å². The van der Waals surface area contributed by atoms with E-state index in [1.165, 1.54) is 29.4 Å². The average molecular weight is 416 g/mol. The monoisotopic (exact) mass is 416 g/mol. The molecule has 1 atom stereocenters. The fraction of sp³-hybridized carbons (Fsp3) is 0.250. The number of imidazole rings is 1. The topological polar surface area (TPSA) is 88.2 Å². The maximum atomic E-state index is 13.8. The van der Waals surface area contributed by atoms with Gasteiger partial charge in [-0.15, -0.1) is 0 Å². The molecule has 30 heavy (non-hydrogen) atoms. The number of halogens is 3. The zero-order chi connectivity index (χ0) is 21.0. The van der Waals surface area contributed by atoms with Gasteiger partial charge in [0.2, 0.25) is 5.76 Å². The highest BCUT2D eigenvalue weighted by Crippen LogP contribution is 2.40. The largest absolute Gasteiger partial charge is 0.458 e. The molecule has 1 amide bonds. The van der Waals surface area contributed by atoms with E-state index in [-0.39, 0.29) is 6.54 Å². The van der Waals surface area contributed by atoms with Gasteiger partial charge in [0.05, 0.1) is 12.0 Å². The molecule has 10 heteroatoms. The minimum atomic E-state index is -2.96. The first kappa shape index (κ1) is 18.5. The van der Waals surface area contributed by atoms with Crippen molar-refractivity contribution >= 4 is 16.9 Å². The van der Waals surface area contributed by atoms with E-state index < -0.39 is 35.6 Å². The number of benzene rings is 1. The summed E-state index contributed by atoms with van der Waals surface area (Å²) in [7, 11) is 0. The number of rotatable bonds is 3. The van der Waals surface area contributed by atoms with Crippen LogP contribution in [0.3, 0.4) is 0 Å². The first-order valence-electron chi connectivity index (χ1n) is 9.19. The van der Waals surface area contributed by atoms with Crippen LogP contribution in [0.15, 0.2) is 39.8 Å². The van der Waals surface area contributed by atoms with Crippen molar-refractivity contribution in [3.8, 4) is 0 Å². The van der Waals surface area contributed by atoms with Crippen molar-refractivity contribution < 1.29 is 26.8 Å². The fourth-order valence-electron chi connectivity index (χ4n) is 3.93. The Kier molecular flexibility index (Phi) is 4.16. The molecule has 7 nitrogen and oxygen atoms in total. The molecule has 4 aromatic rings. The van der Waals surface area contributed by atoms with E-state index in [4.69, 9.17) is 8.83 Å². The van der Waals surface area contributed by atoms with Gasteiger partial charge in [-0.2, -0.15) is 0 Å². The fourth-order valence-corrected chi connectivity index (χ4v) is 3.93. The highest BCUT2D eigenvalue weighted by atomic mass is 19.3. The summed E-state index contributed by atoms with van der Waals surface area (Å²) in [5.41, 5.74) is 1.72. The molecule has 5 rings (SSSR count). The number of alkyl halides is 2. The van der Waals surface area contributed by atoms with Gasteiger partial charge in [0.15, 0.2) is 12.1 Å². The summed E-state index contributed by atoms with van der Waals surface area (Å²) in [4.78, 5) is 25.4. The number of carbonyl (C=O) groups is 1. The molecule has 0 spiro atoms. The normalized spacial score (nSPS) is 16.4. The number of aromatic amines is 1. The molecule has 0 fully saturated rings. The molecule has 0 saturated heterocycles. The maximum Gasteiger partial charge on any atom is 0.292 e. The van der Waals surface area contributed by atoms with Gasteiger partial charge >= 0.3 is 0 Å². The van der Waals surface area contributed by atoms with Crippen LogP contribution in [0.25, 0.3) is 11.0 Å². The van der Waals surface area contributed by atoms with Crippen LogP contribution < -0.4 is 0 Å². The molecule has 1 aliphatic heterocycles. The highest BCUT2D eigenvalue weighted by Gasteiger charge is 2.40. The Balaban J connectivity index is 1.66. The van der Waals surface area contributed by atoms with Crippen molar-refractivity contribution in [2.75, 3.05) is 6.54 Å². The zero-order valence-electron chi connectivity index (χ0n) is 15.7. The number of carbonyl (C=O) groups excluding carboxylic acids is 1. The second kappa shape index (κ2) is 6.75. The van der Waals surface area contributed by atoms with Crippen LogP contribution in [-0.2, 0) is 6.42 Å². The zero-order valence-corrected chi connectivity index (χ0v) is 15.7. The van der Waals surface area contributed by atoms with Crippen LogP contribution in [0.2, 0.25) is 0 Å². The van der Waals surface area contributed by atoms with E-state index in [1.54, 1.807) is 6.92 Å². The number of aromatic nitrogens is 3. The van der Waals surface area contributed by atoms with Gasteiger partial charge in [-0.25, -0.2) is 23.1 Å². The number of aryl methyl sites for hydroxylation is 1. The number of oxazole rings is 1. The minimum Gasteiger partial charge on any atom is -0.458 e. The molecule has 3 aromatic heterocycles. The smallest absolute Gasteiger partial charge is 0.292 e. The molecule has 1 aromatic carbocycles. The molecule has 4 heterocycles. The number of amides is 1. The second-order valence-electron chi connectivity index (χ2n) is 7.02. The lowest BCUT2D eigenvalue weighted by molar-refractivity contribution is 0.0624. The van der Waals surface area contributed by atoms with Crippen LogP contribution in [0, 0.1) is 12.7 Å². The van der Waals surface area contributed by atoms with Crippen molar-refractivity contribution in [1.29, 1.82) is 0 Å². The molecule has 0 saturated carbocycles. The van der Waals surface area contributed by atoms with Crippen molar-refractivity contribution in [2.45, 2.75) is 25.8 Å². The molecule has 0 unspecified atom stereocenters. The van der Waals surface area contributed by atoms with Gasteiger partial charge in [0.1, 0.15) is 23.2 Å². The molecule has 1 N–H and O–H groups in total. The number of nitrogens with one attached hydrogen (secondary N) is 1. The Morgan fingerprint density at radius 2 is 2.17 bits per heavy atom. The Bertz CT molecular complexity index is 1260. The highest BCUT2D eigenvalue weighted by molar-refractivity contribution is 5.93. The van der Waals surface area contributed by atoms with Crippen LogP contribution in [0.5, 0.6) is 0 Å². The molecule has 0 aliphatic carbocycles. The van der Waals surface area contributed by atoms with Crippen molar-refractivity contribution in [1.82, 2.24) is 19.9 Å². The lowest BCUT2D eigenvalue weighted by atomic mass is 9.97. The predicted molar refractivity (Wildman–Crippen MR) is 97.5 cm³/mol. The lowest BCUT2D eigenvalue weighted by Crippen LogP contribution is -2.41. The van der Waals surface area contributed by atoms with Gasteiger partial charge in [-0.05, 0) is 25.1 Å². The molecular formula is C20H15F3N4O3. The van der Waals surface area contributed by atoms with Gasteiger partial charge in [-0.3, -0.25) is 4.79 Å². The van der Waals surface area contributed by atoms with E-state index in [9.17, 15) is 18.0 Å². The molecule has 1 aliphatic rings. The quantitative estimate of drug-likeness (QED) is 0.538. The number of fused-ring (bicyclic) bond motifs is 2. The van der Waals surface area contributed by atoms with Gasteiger partial charge in [0.25, 0.3) is 12.3 Å². The third kappa shape index (κ3) is 2.71. The number of furan rings is 1. The Morgan fingerprint density at radius 3 is 2.97 bits per heavy atom. The number of hydrogen-bond donors (Lipinski definition) is 1. The number of H-pyrrole nitrogens is 1. The number of nitrogens with zero attached hydrogens (tertiary/aromatic N) is 3. The predicted octanol–water partition coefficient (Wildman–Crippen LogP) is 4.32. The maximum absolute atomic E-state index is 13.8. The van der Waals surface area contributed by atoms with Crippen LogP contribution in [-0.4, -0.2) is 32.3 Å². The summed E-state index contributed by atoms with van der Waals surface area (Å²) in [5, 5.41) is 0.563. The van der Waals surface area contributed by atoms with Gasteiger partial charge in [-0.1, -0.05) is 0 Å². The van der Waals surface area contributed by atoms with E-state index in [0.29, 0.717) is 34.4 Å². The van der Waals surface area contributed by atoms with Crippen LogP contribution in [0.1, 0.15) is 51.4 Å². The summed E-state index contributed by atoms with van der Waals surface area (Å²) in [6.07, 6.45) is -0.183. The van der Waals surface area contributed by atoms with Crippen molar-refractivity contribution in [3.63, 3.8) is 0 Å². The molecule has 154 valence electrons. The Morgan fingerprint density at radius 1 is 1.33 bits per heavy atom. The second-order valence-corrected chi connectivity index (χ2v) is 7.02. The van der Waals surface area contributed by atoms with Crippen molar-refractivity contribution in [2.24, 2.45) is 0 Å². The summed E-state index contributed by atoms with van der Waals surface area (Å²) < 4.78 is 51.3. The third-order valence-corrected chi connectivity index (χ3v) is 5.37. The summed E-state index contributed by atoms with van der Waals surface area (Å²) >= 11 is 0. The first-order valence-corrected chi connectivity index (χ1v) is 9.19. The van der Waals surface area contributed by atoms with Crippen LogP contribution in [0.4, 0.5) is 13.2 Å². The first-order chi connectivity index (χ1) is 14.5. The average Bonchev–Trinajstić information content (AvgIpc) is 3.45. The Hall–Kier alpha value is -3.56. The standard InChI is InChI=1S/C20H15F3N4O3/c1-9-11-6-10(21)2-3-13(11)30-17(9)16-14-12(24-7-25-14)4-5-27(16)20(28)18-15(19(22)23)26-8-29-18/h2-3,6-8,16,19H,4-5H2,1H3,(H,24,25)/t16-/m0/s1. The van der Waals surface area contributed by atoms with E-state index in [2.05, 4.69) is 15.0 Å². The molecular weight excluding hydrogens is 401 g/mol. The third-order valence-electron chi connectivity index (χ3n) is 5.37.